The molecular weight excluding hydrogens is 194 g/mol. The minimum Gasteiger partial charge on any atom is -0.298 e. The van der Waals surface area contributed by atoms with E-state index in [1.165, 1.54) is 38.6 Å². The lowest BCUT2D eigenvalue weighted by Gasteiger charge is -2.46. The summed E-state index contributed by atoms with van der Waals surface area (Å²) in [6, 6.07) is 1.57. The maximum Gasteiger partial charge on any atom is 0.00979 e. The van der Waals surface area contributed by atoms with E-state index in [1.54, 1.807) is 0 Å². The van der Waals surface area contributed by atoms with Gasteiger partial charge in [-0.15, -0.1) is 0 Å². The summed E-state index contributed by atoms with van der Waals surface area (Å²) in [5.74, 6) is 1.76. The van der Waals surface area contributed by atoms with Gasteiger partial charge in [-0.1, -0.05) is 40.0 Å². The summed E-state index contributed by atoms with van der Waals surface area (Å²) >= 11 is 0. The molecule has 1 saturated heterocycles. The Bertz CT molecular complexity index is 190. The lowest BCUT2D eigenvalue weighted by molar-refractivity contribution is 0.0294. The lowest BCUT2D eigenvalue weighted by atomic mass is 9.79. The number of unbranched alkanes of at least 4 members (excludes halogenated alkanes) is 3. The fraction of sp³-hybridized carbons (Fsp3) is 1.00. The van der Waals surface area contributed by atoms with Gasteiger partial charge >= 0.3 is 0 Å². The Morgan fingerprint density at radius 1 is 1.00 bits per heavy atom. The van der Waals surface area contributed by atoms with Gasteiger partial charge < -0.3 is 0 Å². The largest absolute Gasteiger partial charge is 0.298 e. The summed E-state index contributed by atoms with van der Waals surface area (Å²) in [6.45, 7) is 13.3. The van der Waals surface area contributed by atoms with Gasteiger partial charge in [0.2, 0.25) is 0 Å². The summed E-state index contributed by atoms with van der Waals surface area (Å²) in [5.41, 5.74) is 0. The Hall–Kier alpha value is -0.0400. The molecule has 0 bridgehead atoms. The normalized spacial score (nSPS) is 36.6. The molecule has 0 aromatic carbocycles. The molecule has 0 N–H and O–H groups in total. The van der Waals surface area contributed by atoms with Gasteiger partial charge in [0.15, 0.2) is 0 Å². The molecule has 1 aliphatic rings. The van der Waals surface area contributed by atoms with Crippen LogP contribution in [-0.4, -0.2) is 23.5 Å². The molecule has 1 heteroatoms. The molecule has 0 spiro atoms. The number of nitrogens with zero attached hydrogens (tertiary/aromatic N) is 1. The molecule has 0 saturated carbocycles. The maximum absolute atomic E-state index is 2.75. The molecule has 1 rings (SSSR count). The van der Waals surface area contributed by atoms with Crippen molar-refractivity contribution < 1.29 is 0 Å². The van der Waals surface area contributed by atoms with Crippen LogP contribution in [0.2, 0.25) is 0 Å². The predicted molar refractivity (Wildman–Crippen MR) is 72.7 cm³/mol. The first-order valence-corrected chi connectivity index (χ1v) is 7.33. The van der Waals surface area contributed by atoms with Crippen molar-refractivity contribution in [3.63, 3.8) is 0 Å². The molecule has 0 aromatic heterocycles. The van der Waals surface area contributed by atoms with Gasteiger partial charge in [0.05, 0.1) is 0 Å². The molecular formula is C15H31N. The lowest BCUT2D eigenvalue weighted by Crippen LogP contribution is -2.50. The highest BCUT2D eigenvalue weighted by Crippen LogP contribution is 2.32. The molecule has 0 radical (unpaired) electrons. The van der Waals surface area contributed by atoms with Crippen molar-refractivity contribution >= 4 is 0 Å². The predicted octanol–water partition coefficient (Wildman–Crippen LogP) is 4.32. The second kappa shape index (κ2) is 6.64. The van der Waals surface area contributed by atoms with Crippen LogP contribution < -0.4 is 0 Å². The SMILES string of the molecule is CCCCCCN1C(C)CC(C)C(C)C1C. The van der Waals surface area contributed by atoms with Crippen LogP contribution in [0.3, 0.4) is 0 Å². The van der Waals surface area contributed by atoms with E-state index in [0.29, 0.717) is 0 Å². The van der Waals surface area contributed by atoms with E-state index in [-0.39, 0.29) is 0 Å². The minimum absolute atomic E-state index is 0.778. The van der Waals surface area contributed by atoms with E-state index >= 15 is 0 Å². The van der Waals surface area contributed by atoms with Crippen LogP contribution in [0.1, 0.15) is 66.7 Å². The third kappa shape index (κ3) is 3.48. The quantitative estimate of drug-likeness (QED) is 0.630. The van der Waals surface area contributed by atoms with Crippen molar-refractivity contribution in [2.75, 3.05) is 6.54 Å². The highest BCUT2D eigenvalue weighted by Gasteiger charge is 2.33. The van der Waals surface area contributed by atoms with Crippen molar-refractivity contribution in [1.29, 1.82) is 0 Å². The summed E-state index contributed by atoms with van der Waals surface area (Å²) in [4.78, 5) is 2.75. The van der Waals surface area contributed by atoms with Crippen LogP contribution in [0, 0.1) is 11.8 Å². The van der Waals surface area contributed by atoms with Crippen LogP contribution in [-0.2, 0) is 0 Å². The summed E-state index contributed by atoms with van der Waals surface area (Å²) in [7, 11) is 0. The fourth-order valence-corrected chi connectivity index (χ4v) is 3.21. The van der Waals surface area contributed by atoms with Gasteiger partial charge in [-0.2, -0.15) is 0 Å². The Morgan fingerprint density at radius 3 is 2.31 bits per heavy atom. The van der Waals surface area contributed by atoms with Crippen LogP contribution in [0.25, 0.3) is 0 Å². The average Bonchev–Trinajstić information content (AvgIpc) is 2.25. The molecule has 16 heavy (non-hydrogen) atoms. The molecule has 0 aromatic rings. The first-order chi connectivity index (χ1) is 7.57. The second-order valence-corrected chi connectivity index (χ2v) is 5.96. The van der Waals surface area contributed by atoms with Crippen molar-refractivity contribution in [3.05, 3.63) is 0 Å². The second-order valence-electron chi connectivity index (χ2n) is 5.96. The molecule has 1 heterocycles. The number of hydrogen-bond acceptors (Lipinski definition) is 1. The van der Waals surface area contributed by atoms with E-state index in [9.17, 15) is 0 Å². The number of hydrogen-bond donors (Lipinski definition) is 0. The van der Waals surface area contributed by atoms with Crippen LogP contribution in [0.4, 0.5) is 0 Å². The highest BCUT2D eigenvalue weighted by molar-refractivity contribution is 4.87. The molecule has 0 amide bonds. The van der Waals surface area contributed by atoms with Gasteiger partial charge in [-0.05, 0) is 45.1 Å². The first kappa shape index (κ1) is 14.0. The minimum atomic E-state index is 0.778. The van der Waals surface area contributed by atoms with Crippen LogP contribution in [0.15, 0.2) is 0 Å². The summed E-state index contributed by atoms with van der Waals surface area (Å²) < 4.78 is 0. The zero-order valence-electron chi connectivity index (χ0n) is 12.0. The van der Waals surface area contributed by atoms with Crippen molar-refractivity contribution in [2.24, 2.45) is 11.8 Å². The number of piperidine rings is 1. The first-order valence-electron chi connectivity index (χ1n) is 7.33. The van der Waals surface area contributed by atoms with Gasteiger partial charge in [0, 0.05) is 12.1 Å². The van der Waals surface area contributed by atoms with Crippen LogP contribution >= 0.6 is 0 Å². The summed E-state index contributed by atoms with van der Waals surface area (Å²) in [5, 5.41) is 0. The molecule has 1 nitrogen and oxygen atoms in total. The maximum atomic E-state index is 2.75. The zero-order chi connectivity index (χ0) is 12.1. The van der Waals surface area contributed by atoms with Gasteiger partial charge in [0.1, 0.15) is 0 Å². The molecule has 1 fully saturated rings. The molecule has 4 unspecified atom stereocenters. The average molecular weight is 225 g/mol. The molecule has 1 aliphatic heterocycles. The monoisotopic (exact) mass is 225 g/mol. The third-order valence-electron chi connectivity index (χ3n) is 4.73. The van der Waals surface area contributed by atoms with E-state index in [0.717, 1.165) is 23.9 Å². The Morgan fingerprint density at radius 2 is 1.69 bits per heavy atom. The Labute approximate surface area is 103 Å². The van der Waals surface area contributed by atoms with E-state index in [4.69, 9.17) is 0 Å². The smallest absolute Gasteiger partial charge is 0.00979 e. The fourth-order valence-electron chi connectivity index (χ4n) is 3.21. The highest BCUT2D eigenvalue weighted by atomic mass is 15.2. The Kier molecular flexibility index (Phi) is 5.82. The van der Waals surface area contributed by atoms with Gasteiger partial charge in [0.25, 0.3) is 0 Å². The number of likely N-dealkylation sites (tertiary alicyclic amines) is 1. The van der Waals surface area contributed by atoms with Crippen molar-refractivity contribution in [1.82, 2.24) is 4.90 Å². The topological polar surface area (TPSA) is 3.24 Å². The summed E-state index contributed by atoms with van der Waals surface area (Å²) in [6.07, 6.45) is 6.94. The zero-order valence-corrected chi connectivity index (χ0v) is 12.0. The Balaban J connectivity index is 2.38. The standard InChI is InChI=1S/C15H31N/c1-6-7-8-9-10-16-13(3)11-12(2)14(4)15(16)5/h12-15H,6-11H2,1-5H3. The molecule has 96 valence electrons. The van der Waals surface area contributed by atoms with Gasteiger partial charge in [-0.3, -0.25) is 4.90 Å². The molecule has 0 aliphatic carbocycles. The van der Waals surface area contributed by atoms with E-state index in [1.807, 2.05) is 0 Å². The van der Waals surface area contributed by atoms with Crippen LogP contribution in [0.5, 0.6) is 0 Å². The molecule has 4 atom stereocenters. The number of rotatable bonds is 5. The van der Waals surface area contributed by atoms with Crippen molar-refractivity contribution in [3.8, 4) is 0 Å². The van der Waals surface area contributed by atoms with Crippen molar-refractivity contribution in [2.45, 2.75) is 78.8 Å². The van der Waals surface area contributed by atoms with E-state index < -0.39 is 0 Å². The third-order valence-corrected chi connectivity index (χ3v) is 4.73. The van der Waals surface area contributed by atoms with E-state index in [2.05, 4.69) is 39.5 Å². The van der Waals surface area contributed by atoms with Gasteiger partial charge in [-0.25, -0.2) is 0 Å².